The third-order valence-corrected chi connectivity index (χ3v) is 17.1. The number of hydrogen-bond acceptors (Lipinski definition) is 6. The molecule has 63 heavy (non-hydrogen) atoms. The van der Waals surface area contributed by atoms with Crippen molar-refractivity contribution in [1.29, 1.82) is 0 Å². The van der Waals surface area contributed by atoms with Gasteiger partial charge < -0.3 is 29.0 Å². The largest absolute Gasteiger partial charge is 0.374 e. The second-order valence-electron chi connectivity index (χ2n) is 21.5. The number of ether oxygens (including phenoxy) is 5. The molecule has 3 aromatic rings. The number of fused-ring (bicyclic) bond motifs is 5. The van der Waals surface area contributed by atoms with Crippen LogP contribution in [0.15, 0.2) is 91.0 Å². The van der Waals surface area contributed by atoms with Gasteiger partial charge >= 0.3 is 0 Å². The van der Waals surface area contributed by atoms with E-state index in [1.54, 1.807) is 6.92 Å². The molecule has 1 N–H and O–H groups in total. The molecule has 4 aliphatic carbocycles. The lowest BCUT2D eigenvalue weighted by molar-refractivity contribution is -0.305. The lowest BCUT2D eigenvalue weighted by Crippen LogP contribution is -2.66. The Labute approximate surface area is 380 Å². The predicted molar refractivity (Wildman–Crippen MR) is 250 cm³/mol. The first kappa shape index (κ1) is 46.5. The fraction of sp³-hybridized carbons (Fsp3) is 0.661. The predicted octanol–water partition coefficient (Wildman–Crippen LogP) is 12.1. The normalized spacial score (nSPS) is 35.6. The topological polar surface area (TPSA) is 75.3 Å². The summed E-state index contributed by atoms with van der Waals surface area (Å²) in [7, 11) is 0. The van der Waals surface area contributed by atoms with E-state index in [1.165, 1.54) is 64.2 Å². The summed E-state index contributed by atoms with van der Waals surface area (Å²) in [6.07, 6.45) is 13.4. The van der Waals surface area contributed by atoms with Crippen molar-refractivity contribution in [3.8, 4) is 0 Å². The highest BCUT2D eigenvalue weighted by atomic mass is 16.7. The number of benzene rings is 3. The number of hydrogen-bond donors (Lipinski definition) is 1. The summed E-state index contributed by atoms with van der Waals surface area (Å²) in [4.78, 5) is 13.1. The zero-order valence-electron chi connectivity index (χ0n) is 39.4. The highest BCUT2D eigenvalue weighted by Crippen LogP contribution is 2.68. The molecule has 0 spiro atoms. The van der Waals surface area contributed by atoms with Crippen LogP contribution in [0, 0.1) is 52.3 Å². The van der Waals surface area contributed by atoms with Crippen molar-refractivity contribution in [1.82, 2.24) is 5.32 Å². The van der Waals surface area contributed by atoms with E-state index in [0.29, 0.717) is 36.6 Å². The minimum atomic E-state index is -0.726. The molecule has 7 nitrogen and oxygen atoms in total. The van der Waals surface area contributed by atoms with Gasteiger partial charge in [0.15, 0.2) is 6.29 Å². The van der Waals surface area contributed by atoms with Gasteiger partial charge in [0, 0.05) is 6.92 Å². The van der Waals surface area contributed by atoms with Gasteiger partial charge in [-0.05, 0) is 127 Å². The number of carbonyl (C=O) groups excluding carboxylic acids is 1. The SMILES string of the molecule is CC(=O)NC1C(OCc2ccccc2)[C@H](OCc2ccccc2)C(COCc2ccccc2)O[C@@H]1O[C@H]1CC[C@@]2(C)C(CCC3C2CC[C@@]2(C)C3CC[C@@H]2[C@H](C)CCCC(C)C)C1. The van der Waals surface area contributed by atoms with Crippen molar-refractivity contribution in [3.63, 3.8) is 0 Å². The summed E-state index contributed by atoms with van der Waals surface area (Å²) in [6, 6.07) is 30.1. The maximum Gasteiger partial charge on any atom is 0.217 e. The molecule has 0 bridgehead atoms. The Kier molecular flexibility index (Phi) is 15.5. The third kappa shape index (κ3) is 10.8. The summed E-state index contributed by atoms with van der Waals surface area (Å²) in [6.45, 7) is 15.8. The van der Waals surface area contributed by atoms with Crippen molar-refractivity contribution < 1.29 is 28.5 Å². The van der Waals surface area contributed by atoms with Gasteiger partial charge in [0.2, 0.25) is 5.91 Å². The van der Waals surface area contributed by atoms with E-state index >= 15 is 0 Å². The molecule has 4 saturated carbocycles. The Morgan fingerprint density at radius 3 is 1.95 bits per heavy atom. The lowest BCUT2D eigenvalue weighted by Gasteiger charge is -2.61. The van der Waals surface area contributed by atoms with Crippen molar-refractivity contribution in [2.75, 3.05) is 6.61 Å². The van der Waals surface area contributed by atoms with Gasteiger partial charge in [0.05, 0.1) is 32.5 Å². The van der Waals surface area contributed by atoms with Crippen LogP contribution in [0.4, 0.5) is 0 Å². The first-order valence-corrected chi connectivity index (χ1v) is 25.0. The number of rotatable bonds is 18. The van der Waals surface area contributed by atoms with Crippen LogP contribution in [0.1, 0.15) is 135 Å². The molecule has 0 aromatic heterocycles. The van der Waals surface area contributed by atoms with Crippen molar-refractivity contribution in [2.45, 2.75) is 175 Å². The number of nitrogens with one attached hydrogen (secondary N) is 1. The summed E-state index contributed by atoms with van der Waals surface area (Å²) >= 11 is 0. The van der Waals surface area contributed by atoms with Gasteiger partial charge in [-0.2, -0.15) is 0 Å². The minimum Gasteiger partial charge on any atom is -0.374 e. The zero-order valence-corrected chi connectivity index (χ0v) is 39.4. The summed E-state index contributed by atoms with van der Waals surface area (Å²) in [5.74, 6) is 5.52. The quantitative estimate of drug-likeness (QED) is 0.128. The van der Waals surface area contributed by atoms with Crippen LogP contribution in [0.3, 0.4) is 0 Å². The van der Waals surface area contributed by atoms with Crippen LogP contribution in [-0.2, 0) is 48.3 Å². The highest BCUT2D eigenvalue weighted by molar-refractivity contribution is 5.73. The maximum absolute atomic E-state index is 13.1. The summed E-state index contributed by atoms with van der Waals surface area (Å²) in [5.41, 5.74) is 4.04. The van der Waals surface area contributed by atoms with Gasteiger partial charge in [-0.25, -0.2) is 0 Å². The Morgan fingerprint density at radius 1 is 0.714 bits per heavy atom. The molecule has 5 aliphatic rings. The Hall–Kier alpha value is -3.07. The molecule has 3 aromatic carbocycles. The van der Waals surface area contributed by atoms with Gasteiger partial charge in [0.25, 0.3) is 0 Å². The molecule has 1 saturated heterocycles. The molecular weight excluding hydrogens is 783 g/mol. The van der Waals surface area contributed by atoms with Crippen LogP contribution in [0.2, 0.25) is 0 Å². The second-order valence-corrected chi connectivity index (χ2v) is 21.5. The van der Waals surface area contributed by atoms with E-state index in [4.69, 9.17) is 23.7 Å². The van der Waals surface area contributed by atoms with E-state index in [-0.39, 0.29) is 18.6 Å². The zero-order chi connectivity index (χ0) is 44.0. The van der Waals surface area contributed by atoms with Gasteiger partial charge in [-0.3, -0.25) is 4.79 Å². The van der Waals surface area contributed by atoms with E-state index < -0.39 is 30.6 Å². The Bertz CT molecular complexity index is 1860. The molecule has 1 amide bonds. The molecule has 1 aliphatic heterocycles. The molecule has 14 atom stereocenters. The fourth-order valence-corrected chi connectivity index (χ4v) is 13.9. The lowest BCUT2D eigenvalue weighted by atomic mass is 9.44. The van der Waals surface area contributed by atoms with Crippen LogP contribution in [0.25, 0.3) is 0 Å². The van der Waals surface area contributed by atoms with Crippen molar-refractivity contribution in [3.05, 3.63) is 108 Å². The van der Waals surface area contributed by atoms with E-state index in [0.717, 1.165) is 65.0 Å². The molecule has 344 valence electrons. The van der Waals surface area contributed by atoms with Crippen LogP contribution in [-0.4, -0.2) is 49.3 Å². The molecule has 5 fully saturated rings. The molecule has 0 radical (unpaired) electrons. The average molecular weight is 862 g/mol. The Morgan fingerprint density at radius 2 is 1.32 bits per heavy atom. The molecule has 1 heterocycles. The van der Waals surface area contributed by atoms with E-state index in [1.807, 2.05) is 54.6 Å². The third-order valence-electron chi connectivity index (χ3n) is 17.1. The molecule has 8 rings (SSSR count). The summed E-state index contributed by atoms with van der Waals surface area (Å²) < 4.78 is 34.4. The Balaban J connectivity index is 0.991. The first-order valence-electron chi connectivity index (χ1n) is 25.0. The van der Waals surface area contributed by atoms with Crippen LogP contribution < -0.4 is 5.32 Å². The van der Waals surface area contributed by atoms with Gasteiger partial charge in [-0.15, -0.1) is 0 Å². The first-order chi connectivity index (χ1) is 30.5. The monoisotopic (exact) mass is 862 g/mol. The maximum atomic E-state index is 13.1. The van der Waals surface area contributed by atoms with Crippen molar-refractivity contribution >= 4 is 5.91 Å². The highest BCUT2D eigenvalue weighted by Gasteiger charge is 2.61. The van der Waals surface area contributed by atoms with E-state index in [9.17, 15) is 4.79 Å². The summed E-state index contributed by atoms with van der Waals surface area (Å²) in [5, 5.41) is 3.26. The van der Waals surface area contributed by atoms with E-state index in [2.05, 4.69) is 76.3 Å². The second kappa shape index (κ2) is 21.0. The van der Waals surface area contributed by atoms with Crippen LogP contribution >= 0.6 is 0 Å². The average Bonchev–Trinajstić information content (AvgIpc) is 3.64. The van der Waals surface area contributed by atoms with Gasteiger partial charge in [-0.1, -0.05) is 145 Å². The van der Waals surface area contributed by atoms with Crippen molar-refractivity contribution in [2.24, 2.45) is 52.3 Å². The number of carbonyl (C=O) groups is 1. The van der Waals surface area contributed by atoms with Crippen LogP contribution in [0.5, 0.6) is 0 Å². The molecule has 7 unspecified atom stereocenters. The number of amides is 1. The minimum absolute atomic E-state index is 0.0275. The van der Waals surface area contributed by atoms with Gasteiger partial charge in [0.1, 0.15) is 24.4 Å². The molecular formula is C56H79NO6. The molecule has 7 heteroatoms. The smallest absolute Gasteiger partial charge is 0.217 e. The standard InChI is InChI=1S/C56H79NO6/c1-38(2)17-16-18-39(3)47-27-28-48-46-26-25-44-33-45(29-31-55(44,5)49(46)30-32-56(47,48)6)62-54-51(57-40(4)58)53(61-36-43-23-14-9-15-24-43)52(60-35-42-21-12-8-13-22-42)50(63-54)37-59-34-41-19-10-7-11-20-41/h7-15,19-24,38-39,44-54H,16-18,25-37H2,1-6H3,(H,57,58)/t39-,44?,45+,46?,47-,48?,49?,50?,51?,52-,53?,54+,55+,56-/m1/s1. The fourth-order valence-electron chi connectivity index (χ4n) is 13.9.